The summed E-state index contributed by atoms with van der Waals surface area (Å²) >= 11 is 0. The molecule has 1 fully saturated rings. The van der Waals surface area contributed by atoms with Crippen LogP contribution < -0.4 is 19.5 Å². The van der Waals surface area contributed by atoms with Crippen molar-refractivity contribution in [3.63, 3.8) is 0 Å². The largest absolute Gasteiger partial charge is 0.493 e. The van der Waals surface area contributed by atoms with E-state index in [2.05, 4.69) is 5.32 Å². The predicted octanol–water partition coefficient (Wildman–Crippen LogP) is 7.13. The summed E-state index contributed by atoms with van der Waals surface area (Å²) in [6, 6.07) is 23.5. The molecule has 1 N–H and O–H groups in total. The molecular weight excluding hydrogens is 554 g/mol. The van der Waals surface area contributed by atoms with Crippen molar-refractivity contribution in [3.8, 4) is 17.2 Å². The number of carbonyl (C=O) groups is 2. The predicted molar refractivity (Wildman–Crippen MR) is 168 cm³/mol. The summed E-state index contributed by atoms with van der Waals surface area (Å²) in [6.45, 7) is 2.27. The summed E-state index contributed by atoms with van der Waals surface area (Å²) in [5.41, 5.74) is 5.44. The topological polar surface area (TPSA) is 83.1 Å². The van der Waals surface area contributed by atoms with Crippen LogP contribution in [0.2, 0.25) is 0 Å². The van der Waals surface area contributed by atoms with E-state index in [0.717, 1.165) is 48.1 Å². The zero-order chi connectivity index (χ0) is 30.6. The minimum absolute atomic E-state index is 0.0000590. The Morgan fingerprint density at radius 1 is 0.864 bits per heavy atom. The third-order valence-corrected chi connectivity index (χ3v) is 8.97. The van der Waals surface area contributed by atoms with Gasteiger partial charge in [0.25, 0.3) is 0 Å². The van der Waals surface area contributed by atoms with Crippen LogP contribution in [0.25, 0.3) is 0 Å². The molecule has 1 heterocycles. The Morgan fingerprint density at radius 3 is 2.34 bits per heavy atom. The number of ether oxygens (including phenoxy) is 4. The molecule has 1 saturated carbocycles. The van der Waals surface area contributed by atoms with Crippen molar-refractivity contribution in [2.24, 2.45) is 0 Å². The molecular formula is C37H39NO6. The number of para-hydroxylation sites is 1. The number of nitrogens with one attached hydrogen (secondary N) is 1. The van der Waals surface area contributed by atoms with E-state index in [1.807, 2.05) is 79.7 Å². The Kier molecular flexibility index (Phi) is 8.73. The van der Waals surface area contributed by atoms with E-state index in [0.29, 0.717) is 53.5 Å². The molecule has 0 bridgehead atoms. The average molecular weight is 594 g/mol. The fourth-order valence-corrected chi connectivity index (χ4v) is 6.77. The van der Waals surface area contributed by atoms with E-state index in [1.165, 1.54) is 0 Å². The normalized spacial score (nSPS) is 20.2. The summed E-state index contributed by atoms with van der Waals surface area (Å²) in [4.78, 5) is 28.1. The van der Waals surface area contributed by atoms with Gasteiger partial charge in [-0.25, -0.2) is 4.79 Å². The van der Waals surface area contributed by atoms with Gasteiger partial charge in [0.15, 0.2) is 17.3 Å². The highest BCUT2D eigenvalue weighted by Gasteiger charge is 2.43. The number of Topliss-reactive ketones (excluding diaryl/α,β-unsaturated/α-hetero) is 1. The Labute approximate surface area is 258 Å². The highest BCUT2D eigenvalue weighted by molar-refractivity contribution is 6.04. The third kappa shape index (κ3) is 5.96. The van der Waals surface area contributed by atoms with Crippen LogP contribution in [0.3, 0.4) is 0 Å². The maximum atomic E-state index is 14.2. The number of carbonyl (C=O) groups excluding carboxylic acids is 2. The molecule has 228 valence electrons. The number of allylic oxidation sites excluding steroid dienone is 3. The maximum absolute atomic E-state index is 14.2. The lowest BCUT2D eigenvalue weighted by molar-refractivity contribution is -0.144. The Balaban J connectivity index is 1.39. The van der Waals surface area contributed by atoms with Crippen molar-refractivity contribution in [3.05, 3.63) is 112 Å². The standard InChI is InChI=1S/C37H39NO6/c1-23-34(37(40)44-27-13-7-8-14-27)35(28-15-9-10-16-31(28)43-22-24-11-5-4-6-12-24)36-29(38-23)19-26(20-30(36)39)25-17-18-32(41-2)33(21-25)42-3/h4-6,9-12,15-18,21,26-27,35,38H,7-8,13-14,19-20,22H2,1-3H3/t26-,35+/m0/s1. The molecule has 7 nitrogen and oxygen atoms in total. The zero-order valence-electron chi connectivity index (χ0n) is 25.6. The van der Waals surface area contributed by atoms with E-state index in [1.54, 1.807) is 14.2 Å². The number of hydrogen-bond donors (Lipinski definition) is 1. The lowest BCUT2D eigenvalue weighted by Crippen LogP contribution is -2.36. The zero-order valence-corrected chi connectivity index (χ0v) is 25.6. The number of esters is 1. The lowest BCUT2D eigenvalue weighted by atomic mass is 9.71. The molecule has 0 radical (unpaired) electrons. The smallest absolute Gasteiger partial charge is 0.337 e. The number of benzene rings is 3. The van der Waals surface area contributed by atoms with Crippen LogP contribution in [0.4, 0.5) is 0 Å². The highest BCUT2D eigenvalue weighted by Crippen LogP contribution is 2.48. The van der Waals surface area contributed by atoms with Gasteiger partial charge in [0.1, 0.15) is 18.5 Å². The molecule has 0 aromatic heterocycles. The molecule has 3 aliphatic rings. The van der Waals surface area contributed by atoms with E-state index < -0.39 is 5.92 Å². The minimum Gasteiger partial charge on any atom is -0.493 e. The third-order valence-electron chi connectivity index (χ3n) is 8.97. The van der Waals surface area contributed by atoms with E-state index in [4.69, 9.17) is 18.9 Å². The van der Waals surface area contributed by atoms with Gasteiger partial charge < -0.3 is 24.3 Å². The van der Waals surface area contributed by atoms with Gasteiger partial charge >= 0.3 is 5.97 Å². The first-order chi connectivity index (χ1) is 21.5. The van der Waals surface area contributed by atoms with Crippen molar-refractivity contribution in [2.75, 3.05) is 14.2 Å². The quantitative estimate of drug-likeness (QED) is 0.264. The Bertz CT molecular complexity index is 1600. The summed E-state index contributed by atoms with van der Waals surface area (Å²) in [6.07, 6.45) is 4.67. The molecule has 0 unspecified atom stereocenters. The maximum Gasteiger partial charge on any atom is 0.337 e. The Morgan fingerprint density at radius 2 is 1.59 bits per heavy atom. The number of ketones is 1. The minimum atomic E-state index is -0.606. The molecule has 7 heteroatoms. The first-order valence-corrected chi connectivity index (χ1v) is 15.4. The van der Waals surface area contributed by atoms with Crippen molar-refractivity contribution < 1.29 is 28.5 Å². The molecule has 1 aliphatic heterocycles. The van der Waals surface area contributed by atoms with E-state index in [-0.39, 0.29) is 23.8 Å². The molecule has 3 aromatic rings. The summed E-state index contributed by atoms with van der Waals surface area (Å²) in [5.74, 6) is 0.884. The van der Waals surface area contributed by atoms with E-state index in [9.17, 15) is 9.59 Å². The average Bonchev–Trinajstić information content (AvgIpc) is 3.56. The number of rotatable bonds is 9. The second-order valence-corrected chi connectivity index (χ2v) is 11.8. The van der Waals surface area contributed by atoms with Crippen LogP contribution in [-0.2, 0) is 20.9 Å². The lowest BCUT2D eigenvalue weighted by Gasteiger charge is -2.37. The molecule has 2 atom stereocenters. The molecule has 0 saturated heterocycles. The van der Waals surface area contributed by atoms with Crippen LogP contribution in [0, 0.1) is 0 Å². The molecule has 0 amide bonds. The van der Waals surface area contributed by atoms with Crippen molar-refractivity contribution in [1.29, 1.82) is 0 Å². The van der Waals surface area contributed by atoms with Gasteiger partial charge in [-0.3, -0.25) is 4.79 Å². The first kappa shape index (κ1) is 29.5. The number of dihydropyridines is 1. The SMILES string of the molecule is COc1ccc([C@@H]2CC(=O)C3=C(C2)NC(C)=C(C(=O)OC2CCCC2)[C@H]3c2ccccc2OCc2ccccc2)cc1OC. The van der Waals surface area contributed by atoms with E-state index >= 15 is 0 Å². The van der Waals surface area contributed by atoms with Gasteiger partial charge in [-0.15, -0.1) is 0 Å². The highest BCUT2D eigenvalue weighted by atomic mass is 16.5. The monoisotopic (exact) mass is 593 g/mol. The molecule has 0 spiro atoms. The van der Waals surface area contributed by atoms with Crippen molar-refractivity contribution in [2.45, 2.75) is 70.0 Å². The first-order valence-electron chi connectivity index (χ1n) is 15.4. The van der Waals surface area contributed by atoms with Gasteiger partial charge in [-0.05, 0) is 74.3 Å². The van der Waals surface area contributed by atoms with Gasteiger partial charge in [0.2, 0.25) is 0 Å². The van der Waals surface area contributed by atoms with Crippen LogP contribution in [0.5, 0.6) is 17.2 Å². The van der Waals surface area contributed by atoms with Crippen LogP contribution in [0.1, 0.15) is 74.0 Å². The summed E-state index contributed by atoms with van der Waals surface area (Å²) in [7, 11) is 3.22. The van der Waals surface area contributed by atoms with Gasteiger partial charge in [0.05, 0.1) is 25.7 Å². The molecule has 44 heavy (non-hydrogen) atoms. The molecule has 2 aliphatic carbocycles. The second kappa shape index (κ2) is 13.0. The van der Waals surface area contributed by atoms with Crippen LogP contribution >= 0.6 is 0 Å². The molecule has 3 aromatic carbocycles. The fraction of sp³-hybridized carbons (Fsp3) is 0.351. The van der Waals surface area contributed by atoms with Crippen LogP contribution in [0.15, 0.2) is 95.3 Å². The summed E-state index contributed by atoms with van der Waals surface area (Å²) < 4.78 is 23.4. The molecule has 6 rings (SSSR count). The van der Waals surface area contributed by atoms with Gasteiger partial charge in [0, 0.05) is 29.0 Å². The Hall–Kier alpha value is -4.52. The summed E-state index contributed by atoms with van der Waals surface area (Å²) in [5, 5.41) is 3.47. The van der Waals surface area contributed by atoms with Crippen molar-refractivity contribution in [1.82, 2.24) is 5.32 Å². The van der Waals surface area contributed by atoms with Gasteiger partial charge in [-0.1, -0.05) is 54.6 Å². The number of methoxy groups -OCH3 is 2. The van der Waals surface area contributed by atoms with Gasteiger partial charge in [-0.2, -0.15) is 0 Å². The fourth-order valence-electron chi connectivity index (χ4n) is 6.77. The second-order valence-electron chi connectivity index (χ2n) is 11.8. The van der Waals surface area contributed by atoms with Crippen molar-refractivity contribution >= 4 is 11.8 Å². The van der Waals surface area contributed by atoms with Crippen LogP contribution in [-0.4, -0.2) is 32.1 Å². The number of hydrogen-bond acceptors (Lipinski definition) is 7.